The number of pyridine rings is 1. The first-order chi connectivity index (χ1) is 16.3. The van der Waals surface area contributed by atoms with Crippen LogP contribution in [0.2, 0.25) is 5.02 Å². The van der Waals surface area contributed by atoms with E-state index in [2.05, 4.69) is 15.6 Å². The largest absolute Gasteiger partial charge is 0.481 e. The number of amides is 2. The lowest BCUT2D eigenvalue weighted by molar-refractivity contribution is -0.139. The SMILES string of the molecule is Cc1cc(Cl)cnc1NC(=O)C(CC(=O)O)NC(=O)OCC1c2ccccc2-c2ccccc21. The zero-order chi connectivity index (χ0) is 24.2. The maximum Gasteiger partial charge on any atom is 0.407 e. The van der Waals surface area contributed by atoms with E-state index in [0.717, 1.165) is 22.3 Å². The van der Waals surface area contributed by atoms with E-state index in [1.165, 1.54) is 6.20 Å². The third-order valence-corrected chi connectivity index (χ3v) is 5.82. The fraction of sp³-hybridized carbons (Fsp3) is 0.200. The molecule has 1 aliphatic rings. The lowest BCUT2D eigenvalue weighted by Gasteiger charge is -2.19. The Balaban J connectivity index is 1.43. The van der Waals surface area contributed by atoms with Gasteiger partial charge in [0, 0.05) is 12.1 Å². The molecule has 1 aromatic heterocycles. The number of fused-ring (bicyclic) bond motifs is 3. The van der Waals surface area contributed by atoms with E-state index in [9.17, 15) is 19.5 Å². The van der Waals surface area contributed by atoms with Crippen LogP contribution >= 0.6 is 11.6 Å². The summed E-state index contributed by atoms with van der Waals surface area (Å²) in [6.45, 7) is 1.73. The molecule has 8 nitrogen and oxygen atoms in total. The molecule has 4 rings (SSSR count). The molecule has 0 aliphatic heterocycles. The van der Waals surface area contributed by atoms with Gasteiger partial charge in [0.05, 0.1) is 11.4 Å². The summed E-state index contributed by atoms with van der Waals surface area (Å²) in [6, 6.07) is 16.0. The van der Waals surface area contributed by atoms with Gasteiger partial charge in [-0.05, 0) is 40.8 Å². The van der Waals surface area contributed by atoms with Gasteiger partial charge in [0.25, 0.3) is 0 Å². The van der Waals surface area contributed by atoms with Crippen LogP contribution in [0.5, 0.6) is 0 Å². The number of carbonyl (C=O) groups is 3. The fourth-order valence-electron chi connectivity index (χ4n) is 4.04. The van der Waals surface area contributed by atoms with Gasteiger partial charge in [-0.2, -0.15) is 0 Å². The number of benzene rings is 2. The van der Waals surface area contributed by atoms with Gasteiger partial charge in [0.15, 0.2) is 0 Å². The van der Waals surface area contributed by atoms with Gasteiger partial charge in [-0.1, -0.05) is 60.1 Å². The first-order valence-corrected chi connectivity index (χ1v) is 11.0. The number of alkyl carbamates (subject to hydrolysis) is 1. The number of anilines is 1. The highest BCUT2D eigenvalue weighted by Crippen LogP contribution is 2.44. The Morgan fingerprint density at radius 3 is 2.29 bits per heavy atom. The van der Waals surface area contributed by atoms with E-state index in [0.29, 0.717) is 10.6 Å². The lowest BCUT2D eigenvalue weighted by Crippen LogP contribution is -2.45. The molecule has 2 aromatic carbocycles. The highest BCUT2D eigenvalue weighted by molar-refractivity contribution is 6.30. The lowest BCUT2D eigenvalue weighted by atomic mass is 9.98. The molecule has 9 heteroatoms. The van der Waals surface area contributed by atoms with Crippen molar-refractivity contribution in [2.45, 2.75) is 25.3 Å². The number of carbonyl (C=O) groups excluding carboxylic acids is 2. The molecule has 0 saturated heterocycles. The molecule has 0 bridgehead atoms. The maximum atomic E-state index is 12.7. The minimum absolute atomic E-state index is 0.0408. The van der Waals surface area contributed by atoms with Crippen LogP contribution in [0.4, 0.5) is 10.6 Å². The molecule has 34 heavy (non-hydrogen) atoms. The molecule has 1 aliphatic carbocycles. The first kappa shape index (κ1) is 23.3. The predicted octanol–water partition coefficient (Wildman–Crippen LogP) is 4.36. The average molecular weight is 480 g/mol. The number of rotatable bonds is 7. The van der Waals surface area contributed by atoms with E-state index in [-0.39, 0.29) is 18.3 Å². The average Bonchev–Trinajstić information content (AvgIpc) is 3.12. The van der Waals surface area contributed by atoms with Crippen LogP contribution in [0.25, 0.3) is 11.1 Å². The van der Waals surface area contributed by atoms with Crippen molar-refractivity contribution in [3.63, 3.8) is 0 Å². The van der Waals surface area contributed by atoms with Crippen molar-refractivity contribution in [1.82, 2.24) is 10.3 Å². The standard InChI is InChI=1S/C25H22ClN3O5/c1-14-10-15(26)12-27-23(14)29-24(32)21(11-22(30)31)28-25(33)34-13-20-18-8-4-2-6-16(18)17-7-3-5-9-19(17)20/h2-10,12,20-21H,11,13H2,1H3,(H,28,33)(H,30,31)(H,27,29,32). The Morgan fingerprint density at radius 1 is 1.09 bits per heavy atom. The molecule has 3 N–H and O–H groups in total. The summed E-state index contributed by atoms with van der Waals surface area (Å²) in [6.07, 6.45) is -0.151. The van der Waals surface area contributed by atoms with E-state index >= 15 is 0 Å². The summed E-state index contributed by atoms with van der Waals surface area (Å²) < 4.78 is 5.44. The van der Waals surface area contributed by atoms with Crippen LogP contribution in [0.15, 0.2) is 60.8 Å². The maximum absolute atomic E-state index is 12.7. The second kappa shape index (κ2) is 9.93. The van der Waals surface area contributed by atoms with Crippen LogP contribution in [0.3, 0.4) is 0 Å². The van der Waals surface area contributed by atoms with Crippen molar-refractivity contribution in [2.24, 2.45) is 0 Å². The van der Waals surface area contributed by atoms with Crippen molar-refractivity contribution < 1.29 is 24.2 Å². The number of carboxylic acids is 1. The minimum Gasteiger partial charge on any atom is -0.481 e. The second-order valence-corrected chi connectivity index (χ2v) is 8.37. The normalized spacial score (nSPS) is 12.9. The van der Waals surface area contributed by atoms with Crippen molar-refractivity contribution in [2.75, 3.05) is 11.9 Å². The summed E-state index contributed by atoms with van der Waals surface area (Å²) in [4.78, 5) is 40.6. The number of aryl methyl sites for hydroxylation is 1. The Bertz CT molecular complexity index is 1220. The van der Waals surface area contributed by atoms with Crippen LogP contribution in [0, 0.1) is 6.92 Å². The molecule has 1 unspecified atom stereocenters. The number of halogens is 1. The molecule has 3 aromatic rings. The third-order valence-electron chi connectivity index (χ3n) is 5.62. The number of ether oxygens (including phenoxy) is 1. The van der Waals surface area contributed by atoms with E-state index in [1.807, 2.05) is 48.5 Å². The van der Waals surface area contributed by atoms with Gasteiger partial charge in [-0.3, -0.25) is 9.59 Å². The Kier molecular flexibility index (Phi) is 6.79. The van der Waals surface area contributed by atoms with Crippen molar-refractivity contribution in [3.8, 4) is 11.1 Å². The number of carboxylic acid groups (broad SMARTS) is 1. The van der Waals surface area contributed by atoms with Gasteiger partial charge in [-0.15, -0.1) is 0 Å². The Labute approximate surface area is 200 Å². The molecule has 174 valence electrons. The molecular formula is C25H22ClN3O5. The molecule has 2 amide bonds. The molecule has 0 saturated carbocycles. The topological polar surface area (TPSA) is 118 Å². The number of aliphatic carboxylic acids is 1. The van der Waals surface area contributed by atoms with E-state index in [4.69, 9.17) is 16.3 Å². The van der Waals surface area contributed by atoms with Crippen LogP contribution in [-0.4, -0.2) is 40.7 Å². The summed E-state index contributed by atoms with van der Waals surface area (Å²) in [5.41, 5.74) is 4.85. The molecule has 1 atom stereocenters. The fourth-order valence-corrected chi connectivity index (χ4v) is 4.25. The molecule has 0 radical (unpaired) electrons. The number of nitrogens with zero attached hydrogens (tertiary/aromatic N) is 1. The summed E-state index contributed by atoms with van der Waals surface area (Å²) in [5.74, 6) is -1.92. The summed E-state index contributed by atoms with van der Waals surface area (Å²) in [5, 5.41) is 14.5. The van der Waals surface area contributed by atoms with Crippen LogP contribution in [0.1, 0.15) is 29.0 Å². The Hall–Kier alpha value is -3.91. The van der Waals surface area contributed by atoms with Gasteiger partial charge in [-0.25, -0.2) is 9.78 Å². The zero-order valence-electron chi connectivity index (χ0n) is 18.2. The van der Waals surface area contributed by atoms with Crippen LogP contribution < -0.4 is 10.6 Å². The Morgan fingerprint density at radius 2 is 1.71 bits per heavy atom. The number of nitrogens with one attached hydrogen (secondary N) is 2. The summed E-state index contributed by atoms with van der Waals surface area (Å²) in [7, 11) is 0. The van der Waals surface area contributed by atoms with Crippen LogP contribution in [-0.2, 0) is 14.3 Å². The highest BCUT2D eigenvalue weighted by atomic mass is 35.5. The van der Waals surface area contributed by atoms with Crippen molar-refractivity contribution >= 4 is 35.4 Å². The molecule has 0 spiro atoms. The zero-order valence-corrected chi connectivity index (χ0v) is 19.0. The van der Waals surface area contributed by atoms with E-state index < -0.39 is 30.4 Å². The highest BCUT2D eigenvalue weighted by Gasteiger charge is 2.30. The predicted molar refractivity (Wildman–Crippen MR) is 127 cm³/mol. The second-order valence-electron chi connectivity index (χ2n) is 7.93. The number of hydrogen-bond acceptors (Lipinski definition) is 5. The van der Waals surface area contributed by atoms with Gasteiger partial charge < -0.3 is 20.5 Å². The molecule has 0 fully saturated rings. The van der Waals surface area contributed by atoms with Crippen molar-refractivity contribution in [3.05, 3.63) is 82.5 Å². The molecule has 1 heterocycles. The number of aromatic nitrogens is 1. The van der Waals surface area contributed by atoms with Gasteiger partial charge in [0.2, 0.25) is 5.91 Å². The summed E-state index contributed by atoms with van der Waals surface area (Å²) >= 11 is 5.88. The quantitative estimate of drug-likeness (QED) is 0.463. The molecular weight excluding hydrogens is 458 g/mol. The van der Waals surface area contributed by atoms with E-state index in [1.54, 1.807) is 13.0 Å². The van der Waals surface area contributed by atoms with Gasteiger partial charge in [0.1, 0.15) is 18.5 Å². The third kappa shape index (κ3) is 5.02. The first-order valence-electron chi connectivity index (χ1n) is 10.6. The van der Waals surface area contributed by atoms with Crippen molar-refractivity contribution in [1.29, 1.82) is 0 Å². The monoisotopic (exact) mass is 479 g/mol. The smallest absolute Gasteiger partial charge is 0.407 e. The van der Waals surface area contributed by atoms with Gasteiger partial charge >= 0.3 is 12.1 Å². The number of hydrogen-bond donors (Lipinski definition) is 3. The minimum atomic E-state index is -1.36.